The van der Waals surface area contributed by atoms with Crippen molar-refractivity contribution < 1.29 is 8.83 Å². The Morgan fingerprint density at radius 2 is 1.71 bits per heavy atom. The summed E-state index contributed by atoms with van der Waals surface area (Å²) in [4.78, 5) is 4.49. The van der Waals surface area contributed by atoms with Gasteiger partial charge in [-0.1, -0.05) is 6.92 Å². The van der Waals surface area contributed by atoms with Gasteiger partial charge in [-0.15, -0.1) is 24.0 Å². The van der Waals surface area contributed by atoms with E-state index in [0.717, 1.165) is 43.4 Å². The maximum absolute atomic E-state index is 5.30. The van der Waals surface area contributed by atoms with Crippen LogP contribution in [0, 0.1) is 0 Å². The van der Waals surface area contributed by atoms with Gasteiger partial charge in [0.05, 0.1) is 12.5 Å². The quantitative estimate of drug-likeness (QED) is 0.424. The monoisotopic (exact) mass is 403 g/mol. The number of halogens is 1. The van der Waals surface area contributed by atoms with Crippen molar-refractivity contribution in [2.24, 2.45) is 4.99 Å². The average Bonchev–Trinajstić information content (AvgIpc) is 3.14. The molecule has 116 valence electrons. The van der Waals surface area contributed by atoms with Crippen LogP contribution in [-0.4, -0.2) is 19.0 Å². The SMILES string of the molecule is CCCNC(=NCc1ccco1)NCCc1ccco1.I. The number of rotatable bonds is 7. The van der Waals surface area contributed by atoms with E-state index in [1.807, 2.05) is 24.3 Å². The maximum atomic E-state index is 5.30. The van der Waals surface area contributed by atoms with Crippen molar-refractivity contribution >= 4 is 29.9 Å². The topological polar surface area (TPSA) is 62.7 Å². The van der Waals surface area contributed by atoms with E-state index < -0.39 is 0 Å². The van der Waals surface area contributed by atoms with Gasteiger partial charge in [0.25, 0.3) is 0 Å². The van der Waals surface area contributed by atoms with Crippen LogP contribution in [0.15, 0.2) is 50.6 Å². The highest BCUT2D eigenvalue weighted by atomic mass is 127. The molecular formula is C15H22IN3O2. The van der Waals surface area contributed by atoms with Gasteiger partial charge in [0.1, 0.15) is 18.1 Å². The number of nitrogens with one attached hydrogen (secondary N) is 2. The van der Waals surface area contributed by atoms with E-state index in [0.29, 0.717) is 6.54 Å². The highest BCUT2D eigenvalue weighted by Crippen LogP contribution is 2.02. The van der Waals surface area contributed by atoms with Crippen LogP contribution in [0.2, 0.25) is 0 Å². The summed E-state index contributed by atoms with van der Waals surface area (Å²) in [5.41, 5.74) is 0. The summed E-state index contributed by atoms with van der Waals surface area (Å²) < 4.78 is 10.6. The molecule has 0 aliphatic rings. The van der Waals surface area contributed by atoms with Gasteiger partial charge < -0.3 is 19.5 Å². The second kappa shape index (κ2) is 10.3. The lowest BCUT2D eigenvalue weighted by Crippen LogP contribution is -2.38. The Balaban J connectivity index is 0.00000220. The number of guanidine groups is 1. The van der Waals surface area contributed by atoms with Gasteiger partial charge in [-0.05, 0) is 30.7 Å². The van der Waals surface area contributed by atoms with E-state index in [4.69, 9.17) is 8.83 Å². The van der Waals surface area contributed by atoms with Crippen molar-refractivity contribution in [2.45, 2.75) is 26.3 Å². The summed E-state index contributed by atoms with van der Waals surface area (Å²) in [5, 5.41) is 6.57. The Bertz CT molecular complexity index is 495. The molecule has 6 heteroatoms. The molecule has 0 spiro atoms. The molecule has 0 saturated carbocycles. The van der Waals surface area contributed by atoms with Crippen molar-refractivity contribution in [2.75, 3.05) is 13.1 Å². The molecule has 0 saturated heterocycles. The van der Waals surface area contributed by atoms with Crippen LogP contribution < -0.4 is 10.6 Å². The zero-order valence-electron chi connectivity index (χ0n) is 12.2. The third-order valence-electron chi connectivity index (χ3n) is 2.76. The first-order valence-corrected chi connectivity index (χ1v) is 6.95. The molecule has 0 unspecified atom stereocenters. The number of hydrogen-bond acceptors (Lipinski definition) is 3. The van der Waals surface area contributed by atoms with Crippen molar-refractivity contribution in [1.29, 1.82) is 0 Å². The van der Waals surface area contributed by atoms with Gasteiger partial charge >= 0.3 is 0 Å². The smallest absolute Gasteiger partial charge is 0.191 e. The summed E-state index contributed by atoms with van der Waals surface area (Å²) in [7, 11) is 0. The van der Waals surface area contributed by atoms with E-state index >= 15 is 0 Å². The Hall–Kier alpha value is -1.44. The van der Waals surface area contributed by atoms with Crippen LogP contribution in [0.1, 0.15) is 24.9 Å². The Morgan fingerprint density at radius 3 is 2.33 bits per heavy atom. The van der Waals surface area contributed by atoms with E-state index in [9.17, 15) is 0 Å². The van der Waals surface area contributed by atoms with E-state index in [2.05, 4.69) is 22.5 Å². The molecule has 0 radical (unpaired) electrons. The Labute approximate surface area is 142 Å². The van der Waals surface area contributed by atoms with Gasteiger partial charge in [-0.25, -0.2) is 4.99 Å². The van der Waals surface area contributed by atoms with Crippen molar-refractivity contribution in [3.05, 3.63) is 48.3 Å². The summed E-state index contributed by atoms with van der Waals surface area (Å²) in [6, 6.07) is 7.66. The van der Waals surface area contributed by atoms with Crippen LogP contribution in [0.5, 0.6) is 0 Å². The van der Waals surface area contributed by atoms with Crippen molar-refractivity contribution in [3.63, 3.8) is 0 Å². The fraction of sp³-hybridized carbons (Fsp3) is 0.400. The van der Waals surface area contributed by atoms with E-state index in [-0.39, 0.29) is 24.0 Å². The highest BCUT2D eigenvalue weighted by Gasteiger charge is 2.00. The van der Waals surface area contributed by atoms with Gasteiger partial charge in [-0.3, -0.25) is 0 Å². The fourth-order valence-electron chi connectivity index (χ4n) is 1.74. The number of furan rings is 2. The van der Waals surface area contributed by atoms with Crippen molar-refractivity contribution in [1.82, 2.24) is 10.6 Å². The minimum Gasteiger partial charge on any atom is -0.469 e. The molecule has 0 aromatic carbocycles. The van der Waals surface area contributed by atoms with Gasteiger partial charge in [-0.2, -0.15) is 0 Å². The standard InChI is InChI=1S/C15H21N3O2.HI/c1-2-8-16-15(18-12-14-6-4-11-20-14)17-9-7-13-5-3-10-19-13;/h3-6,10-11H,2,7-9,12H2,1H3,(H2,16,17,18);1H. The van der Waals surface area contributed by atoms with Crippen LogP contribution in [0.4, 0.5) is 0 Å². The average molecular weight is 403 g/mol. The predicted molar refractivity (Wildman–Crippen MR) is 94.0 cm³/mol. The molecule has 2 heterocycles. The minimum atomic E-state index is 0. The molecular weight excluding hydrogens is 381 g/mol. The lowest BCUT2D eigenvalue weighted by atomic mass is 10.3. The molecule has 0 aliphatic carbocycles. The molecule has 2 aromatic rings. The van der Waals surface area contributed by atoms with E-state index in [1.54, 1.807) is 12.5 Å². The molecule has 0 bridgehead atoms. The second-order valence-electron chi connectivity index (χ2n) is 4.43. The van der Waals surface area contributed by atoms with E-state index in [1.165, 1.54) is 0 Å². The largest absolute Gasteiger partial charge is 0.469 e. The van der Waals surface area contributed by atoms with Crippen LogP contribution in [0.25, 0.3) is 0 Å². The summed E-state index contributed by atoms with van der Waals surface area (Å²) >= 11 is 0. The van der Waals surface area contributed by atoms with Crippen LogP contribution in [-0.2, 0) is 13.0 Å². The highest BCUT2D eigenvalue weighted by molar-refractivity contribution is 14.0. The lowest BCUT2D eigenvalue weighted by molar-refractivity contribution is 0.505. The molecule has 2 N–H and O–H groups in total. The molecule has 0 atom stereocenters. The second-order valence-corrected chi connectivity index (χ2v) is 4.43. The molecule has 5 nitrogen and oxygen atoms in total. The third kappa shape index (κ3) is 6.70. The molecule has 0 aliphatic heterocycles. The summed E-state index contributed by atoms with van der Waals surface area (Å²) in [6.07, 6.45) is 5.24. The minimum absolute atomic E-state index is 0. The lowest BCUT2D eigenvalue weighted by Gasteiger charge is -2.11. The fourth-order valence-corrected chi connectivity index (χ4v) is 1.74. The van der Waals surface area contributed by atoms with Crippen molar-refractivity contribution in [3.8, 4) is 0 Å². The first-order valence-electron chi connectivity index (χ1n) is 6.95. The normalized spacial score (nSPS) is 11.0. The van der Waals surface area contributed by atoms with Crippen LogP contribution >= 0.6 is 24.0 Å². The molecule has 2 aromatic heterocycles. The predicted octanol–water partition coefficient (Wildman–Crippen LogP) is 3.18. The van der Waals surface area contributed by atoms with Gasteiger partial charge in [0, 0.05) is 19.5 Å². The van der Waals surface area contributed by atoms with Gasteiger partial charge in [0.15, 0.2) is 5.96 Å². The molecule has 0 fully saturated rings. The zero-order chi connectivity index (χ0) is 14.0. The maximum Gasteiger partial charge on any atom is 0.191 e. The molecule has 2 rings (SSSR count). The van der Waals surface area contributed by atoms with Gasteiger partial charge in [0.2, 0.25) is 0 Å². The number of nitrogens with zero attached hydrogens (tertiary/aromatic N) is 1. The van der Waals surface area contributed by atoms with Crippen LogP contribution in [0.3, 0.4) is 0 Å². The molecule has 21 heavy (non-hydrogen) atoms. The zero-order valence-corrected chi connectivity index (χ0v) is 14.5. The number of aliphatic imine (C=N–C) groups is 1. The molecule has 0 amide bonds. The third-order valence-corrected chi connectivity index (χ3v) is 2.76. The Kier molecular flexibility index (Phi) is 8.65. The number of hydrogen-bond donors (Lipinski definition) is 2. The summed E-state index contributed by atoms with van der Waals surface area (Å²) in [6.45, 7) is 4.33. The Morgan fingerprint density at radius 1 is 1.05 bits per heavy atom. The first-order chi connectivity index (χ1) is 9.88. The first kappa shape index (κ1) is 17.6. The summed E-state index contributed by atoms with van der Waals surface area (Å²) in [5.74, 6) is 2.63.